The maximum absolute atomic E-state index is 10.5. The van der Waals surface area contributed by atoms with Crippen LogP contribution in [0.5, 0.6) is 0 Å². The van der Waals surface area contributed by atoms with Gasteiger partial charge in [0.15, 0.2) is 0 Å². The third-order valence-corrected chi connectivity index (χ3v) is 3.12. The van der Waals surface area contributed by atoms with Crippen molar-refractivity contribution in [3.05, 3.63) is 35.9 Å². The maximum atomic E-state index is 10.5. The van der Waals surface area contributed by atoms with E-state index in [0.29, 0.717) is 6.54 Å². The summed E-state index contributed by atoms with van der Waals surface area (Å²) < 4.78 is 4.87. The molecule has 4 heteroatoms. The number of hydrogen-bond donors (Lipinski definition) is 1. The SMILES string of the molecule is CC1CN(Cc2ccccc2)CC1OC(=O)O. The van der Waals surface area contributed by atoms with E-state index >= 15 is 0 Å². The summed E-state index contributed by atoms with van der Waals surface area (Å²) in [4.78, 5) is 12.8. The largest absolute Gasteiger partial charge is 0.506 e. The zero-order valence-electron chi connectivity index (χ0n) is 9.87. The highest BCUT2D eigenvalue weighted by atomic mass is 16.7. The highest BCUT2D eigenvalue weighted by molar-refractivity contribution is 5.57. The first kappa shape index (κ1) is 11.9. The molecule has 0 bridgehead atoms. The second-order valence-corrected chi connectivity index (χ2v) is 4.58. The molecule has 1 heterocycles. The third-order valence-electron chi connectivity index (χ3n) is 3.12. The number of carboxylic acid groups (broad SMARTS) is 1. The summed E-state index contributed by atoms with van der Waals surface area (Å²) >= 11 is 0. The van der Waals surface area contributed by atoms with Gasteiger partial charge in [-0.25, -0.2) is 4.79 Å². The van der Waals surface area contributed by atoms with Crippen molar-refractivity contribution >= 4 is 6.16 Å². The number of hydrogen-bond acceptors (Lipinski definition) is 3. The van der Waals surface area contributed by atoms with Gasteiger partial charge in [-0.15, -0.1) is 0 Å². The quantitative estimate of drug-likeness (QED) is 0.816. The van der Waals surface area contributed by atoms with E-state index in [1.807, 2.05) is 25.1 Å². The normalized spacial score (nSPS) is 24.8. The zero-order chi connectivity index (χ0) is 12.3. The second kappa shape index (κ2) is 5.19. The van der Waals surface area contributed by atoms with Crippen LogP contribution in [0.2, 0.25) is 0 Å². The zero-order valence-corrected chi connectivity index (χ0v) is 9.87. The number of nitrogens with zero attached hydrogens (tertiary/aromatic N) is 1. The molecule has 0 radical (unpaired) electrons. The topological polar surface area (TPSA) is 49.8 Å². The molecule has 0 amide bonds. The van der Waals surface area contributed by atoms with Crippen LogP contribution in [0, 0.1) is 5.92 Å². The Labute approximate surface area is 101 Å². The summed E-state index contributed by atoms with van der Waals surface area (Å²) in [5.41, 5.74) is 1.25. The number of carbonyl (C=O) groups is 1. The Hall–Kier alpha value is -1.55. The first-order valence-corrected chi connectivity index (χ1v) is 5.81. The first-order valence-electron chi connectivity index (χ1n) is 5.81. The highest BCUT2D eigenvalue weighted by Crippen LogP contribution is 2.21. The molecular weight excluding hydrogens is 218 g/mol. The van der Waals surface area contributed by atoms with Crippen LogP contribution in [0.15, 0.2) is 30.3 Å². The van der Waals surface area contributed by atoms with Gasteiger partial charge >= 0.3 is 6.16 Å². The molecule has 92 valence electrons. The lowest BCUT2D eigenvalue weighted by Crippen LogP contribution is -2.25. The highest BCUT2D eigenvalue weighted by Gasteiger charge is 2.32. The Balaban J connectivity index is 1.91. The van der Waals surface area contributed by atoms with E-state index in [9.17, 15) is 4.79 Å². The minimum Gasteiger partial charge on any atom is -0.450 e. The lowest BCUT2D eigenvalue weighted by molar-refractivity contribution is 0.0421. The summed E-state index contributed by atoms with van der Waals surface area (Å²) in [6.07, 6.45) is -1.38. The van der Waals surface area contributed by atoms with Gasteiger partial charge in [0, 0.05) is 25.6 Å². The van der Waals surface area contributed by atoms with E-state index < -0.39 is 6.16 Å². The summed E-state index contributed by atoms with van der Waals surface area (Å²) in [5, 5.41) is 8.63. The average Bonchev–Trinajstić information content (AvgIpc) is 2.59. The van der Waals surface area contributed by atoms with Crippen LogP contribution in [-0.2, 0) is 11.3 Å². The number of benzene rings is 1. The minimum absolute atomic E-state index is 0.198. The minimum atomic E-state index is -1.18. The van der Waals surface area contributed by atoms with E-state index in [1.54, 1.807) is 0 Å². The molecule has 1 aliphatic rings. The molecule has 17 heavy (non-hydrogen) atoms. The van der Waals surface area contributed by atoms with E-state index in [2.05, 4.69) is 17.0 Å². The van der Waals surface area contributed by atoms with Crippen molar-refractivity contribution in [3.8, 4) is 0 Å². The standard InChI is InChI=1S/C13H17NO3/c1-10-7-14(9-12(10)17-13(15)16)8-11-5-3-2-4-6-11/h2-6,10,12H,7-9H2,1H3,(H,15,16). The summed E-state index contributed by atoms with van der Waals surface area (Å²) in [5.74, 6) is 0.259. The molecule has 0 saturated carbocycles. The van der Waals surface area contributed by atoms with E-state index in [-0.39, 0.29) is 12.0 Å². The molecular formula is C13H17NO3. The van der Waals surface area contributed by atoms with Crippen LogP contribution in [0.1, 0.15) is 12.5 Å². The lowest BCUT2D eigenvalue weighted by atomic mass is 10.1. The predicted molar refractivity (Wildman–Crippen MR) is 63.8 cm³/mol. The molecule has 1 saturated heterocycles. The van der Waals surface area contributed by atoms with E-state index in [0.717, 1.165) is 13.1 Å². The van der Waals surface area contributed by atoms with Crippen LogP contribution >= 0.6 is 0 Å². The summed E-state index contributed by atoms with van der Waals surface area (Å²) in [7, 11) is 0. The molecule has 1 fully saturated rings. The van der Waals surface area contributed by atoms with Gasteiger partial charge in [0.1, 0.15) is 6.10 Å². The van der Waals surface area contributed by atoms with Crippen LogP contribution < -0.4 is 0 Å². The fourth-order valence-electron chi connectivity index (χ4n) is 2.29. The Morgan fingerprint density at radius 3 is 2.76 bits per heavy atom. The van der Waals surface area contributed by atoms with Crippen LogP contribution in [-0.4, -0.2) is 35.4 Å². The van der Waals surface area contributed by atoms with Gasteiger partial charge in [-0.1, -0.05) is 37.3 Å². The van der Waals surface area contributed by atoms with Crippen molar-refractivity contribution < 1.29 is 14.6 Å². The molecule has 1 aromatic rings. The molecule has 1 N–H and O–H groups in total. The number of ether oxygens (including phenoxy) is 1. The maximum Gasteiger partial charge on any atom is 0.506 e. The van der Waals surface area contributed by atoms with Gasteiger partial charge in [-0.3, -0.25) is 4.90 Å². The van der Waals surface area contributed by atoms with Crippen molar-refractivity contribution in [1.82, 2.24) is 4.90 Å². The number of rotatable bonds is 3. The fraction of sp³-hybridized carbons (Fsp3) is 0.462. The second-order valence-electron chi connectivity index (χ2n) is 4.58. The van der Waals surface area contributed by atoms with Crippen LogP contribution in [0.3, 0.4) is 0 Å². The van der Waals surface area contributed by atoms with E-state index in [1.165, 1.54) is 5.56 Å². The smallest absolute Gasteiger partial charge is 0.450 e. The predicted octanol–water partition coefficient (Wildman–Crippen LogP) is 2.20. The Morgan fingerprint density at radius 1 is 1.41 bits per heavy atom. The molecule has 2 atom stereocenters. The average molecular weight is 235 g/mol. The Bertz CT molecular complexity index is 380. The monoisotopic (exact) mass is 235 g/mol. The van der Waals surface area contributed by atoms with Crippen molar-refractivity contribution in [2.75, 3.05) is 13.1 Å². The molecule has 4 nitrogen and oxygen atoms in total. The van der Waals surface area contributed by atoms with Crippen LogP contribution in [0.25, 0.3) is 0 Å². The Kier molecular flexibility index (Phi) is 3.64. The molecule has 2 unspecified atom stereocenters. The summed E-state index contributed by atoms with van der Waals surface area (Å²) in [6.45, 7) is 4.44. The van der Waals surface area contributed by atoms with Gasteiger partial charge in [0.25, 0.3) is 0 Å². The summed E-state index contributed by atoms with van der Waals surface area (Å²) in [6, 6.07) is 10.2. The molecule has 0 aliphatic carbocycles. The molecule has 1 aliphatic heterocycles. The van der Waals surface area contributed by atoms with Gasteiger partial charge < -0.3 is 9.84 Å². The first-order chi connectivity index (χ1) is 8.15. The Morgan fingerprint density at radius 2 is 2.12 bits per heavy atom. The van der Waals surface area contributed by atoms with Crippen LogP contribution in [0.4, 0.5) is 4.79 Å². The van der Waals surface area contributed by atoms with Crippen molar-refractivity contribution in [1.29, 1.82) is 0 Å². The van der Waals surface area contributed by atoms with Crippen molar-refractivity contribution in [2.45, 2.75) is 19.6 Å². The fourth-order valence-corrected chi connectivity index (χ4v) is 2.29. The van der Waals surface area contributed by atoms with Crippen molar-refractivity contribution in [2.24, 2.45) is 5.92 Å². The van der Waals surface area contributed by atoms with Crippen molar-refractivity contribution in [3.63, 3.8) is 0 Å². The third kappa shape index (κ3) is 3.20. The molecule has 0 aromatic heterocycles. The van der Waals surface area contributed by atoms with E-state index in [4.69, 9.17) is 9.84 Å². The van der Waals surface area contributed by atoms with Gasteiger partial charge in [-0.05, 0) is 5.56 Å². The molecule has 2 rings (SSSR count). The van der Waals surface area contributed by atoms with Gasteiger partial charge in [-0.2, -0.15) is 0 Å². The van der Waals surface area contributed by atoms with Gasteiger partial charge in [0.2, 0.25) is 0 Å². The number of likely N-dealkylation sites (tertiary alicyclic amines) is 1. The molecule has 1 aromatic carbocycles. The van der Waals surface area contributed by atoms with Gasteiger partial charge in [0.05, 0.1) is 0 Å². The lowest BCUT2D eigenvalue weighted by Gasteiger charge is -2.15. The molecule has 0 spiro atoms.